The van der Waals surface area contributed by atoms with E-state index in [2.05, 4.69) is 9.98 Å². The van der Waals surface area contributed by atoms with E-state index in [0.29, 0.717) is 11.4 Å². The van der Waals surface area contributed by atoms with Crippen LogP contribution in [0, 0.1) is 0 Å². The molecule has 0 saturated heterocycles. The van der Waals surface area contributed by atoms with Crippen molar-refractivity contribution < 1.29 is 19.8 Å². The number of carboxylic acid groups (broad SMARTS) is 2. The van der Waals surface area contributed by atoms with E-state index in [9.17, 15) is 9.59 Å². The van der Waals surface area contributed by atoms with Gasteiger partial charge in [0, 0.05) is 0 Å². The first-order valence-corrected chi connectivity index (χ1v) is 5.37. The number of aliphatic imine (C=N–C) groups is 2. The molecule has 0 saturated carbocycles. The predicted octanol–water partition coefficient (Wildman–Crippen LogP) is 0.941. The average molecular weight is 250 g/mol. The Kier molecular flexibility index (Phi) is 4.53. The molecule has 1 aliphatic rings. The van der Waals surface area contributed by atoms with Gasteiger partial charge < -0.3 is 10.2 Å². The highest BCUT2D eigenvalue weighted by molar-refractivity contribution is 6.19. The fourth-order valence-electron chi connectivity index (χ4n) is 1.18. The summed E-state index contributed by atoms with van der Waals surface area (Å²) in [6, 6.07) is -1.63. The molecule has 18 heavy (non-hydrogen) atoms. The van der Waals surface area contributed by atoms with E-state index >= 15 is 0 Å². The molecule has 6 heteroatoms. The van der Waals surface area contributed by atoms with Crippen LogP contribution in [-0.4, -0.2) is 45.7 Å². The molecule has 0 bridgehead atoms. The minimum atomic E-state index is -0.997. The molecule has 0 heterocycles. The monoisotopic (exact) mass is 250 g/mol. The molecule has 0 unspecified atom stereocenters. The second-order valence-corrected chi connectivity index (χ2v) is 3.80. The van der Waals surface area contributed by atoms with Gasteiger partial charge in [0.25, 0.3) is 0 Å². The van der Waals surface area contributed by atoms with Crippen LogP contribution in [0.3, 0.4) is 0 Å². The van der Waals surface area contributed by atoms with E-state index in [0.717, 1.165) is 0 Å². The van der Waals surface area contributed by atoms with E-state index in [4.69, 9.17) is 10.2 Å². The molecule has 0 aliphatic heterocycles. The smallest absolute Gasteiger partial charge is 0.328 e. The summed E-state index contributed by atoms with van der Waals surface area (Å²) in [6.45, 7) is 2.96. The minimum absolute atomic E-state index is 0.520. The summed E-state index contributed by atoms with van der Waals surface area (Å²) in [4.78, 5) is 29.1. The average Bonchev–Trinajstić information content (AvgIpc) is 2.31. The largest absolute Gasteiger partial charge is 0.480 e. The van der Waals surface area contributed by atoms with Crippen LogP contribution in [0.1, 0.15) is 13.8 Å². The number of hydrogen-bond acceptors (Lipinski definition) is 4. The lowest BCUT2D eigenvalue weighted by molar-refractivity contribution is -0.138. The van der Waals surface area contributed by atoms with Crippen LogP contribution >= 0.6 is 0 Å². The summed E-state index contributed by atoms with van der Waals surface area (Å²) >= 11 is 0. The lowest BCUT2D eigenvalue weighted by Crippen LogP contribution is -2.17. The van der Waals surface area contributed by atoms with E-state index < -0.39 is 24.0 Å². The van der Waals surface area contributed by atoms with Crippen molar-refractivity contribution in [2.75, 3.05) is 0 Å². The molecule has 0 spiro atoms. The highest BCUT2D eigenvalue weighted by Gasteiger charge is 2.11. The van der Waals surface area contributed by atoms with Gasteiger partial charge in [-0.05, 0) is 38.2 Å². The first kappa shape index (κ1) is 13.8. The van der Waals surface area contributed by atoms with Crippen molar-refractivity contribution in [2.45, 2.75) is 25.9 Å². The maximum atomic E-state index is 10.6. The summed E-state index contributed by atoms with van der Waals surface area (Å²) in [5.41, 5.74) is 1.04. The minimum Gasteiger partial charge on any atom is -0.480 e. The molecule has 1 rings (SSSR count). The van der Waals surface area contributed by atoms with Gasteiger partial charge in [0.2, 0.25) is 0 Å². The molecule has 1 aliphatic carbocycles. The standard InChI is InChI=1S/C12H14N2O4/c1-7(11(15)16)13-9-3-5-10(6-4-9)14-8(2)12(17)18/h3-8H,1-2H3,(H,15,16)(H,17,18)/t7-,8-/m0/s1. The van der Waals surface area contributed by atoms with Crippen molar-refractivity contribution in [2.24, 2.45) is 9.98 Å². The van der Waals surface area contributed by atoms with Crippen LogP contribution in [0.5, 0.6) is 0 Å². The Morgan fingerprint density at radius 2 is 1.17 bits per heavy atom. The lowest BCUT2D eigenvalue weighted by Gasteiger charge is -2.06. The third-order valence-corrected chi connectivity index (χ3v) is 2.25. The summed E-state index contributed by atoms with van der Waals surface area (Å²) in [7, 11) is 0. The van der Waals surface area contributed by atoms with Gasteiger partial charge in [-0.15, -0.1) is 0 Å². The zero-order chi connectivity index (χ0) is 13.7. The molecule has 0 amide bonds. The molecule has 2 atom stereocenters. The summed E-state index contributed by atoms with van der Waals surface area (Å²) < 4.78 is 0. The van der Waals surface area contributed by atoms with Crippen molar-refractivity contribution >= 4 is 23.4 Å². The van der Waals surface area contributed by atoms with Gasteiger partial charge in [-0.1, -0.05) is 0 Å². The van der Waals surface area contributed by atoms with Gasteiger partial charge in [0.05, 0.1) is 11.4 Å². The van der Waals surface area contributed by atoms with Crippen LogP contribution < -0.4 is 0 Å². The van der Waals surface area contributed by atoms with E-state index in [1.165, 1.54) is 13.8 Å². The van der Waals surface area contributed by atoms with Crippen molar-refractivity contribution in [3.63, 3.8) is 0 Å². The third-order valence-electron chi connectivity index (χ3n) is 2.25. The molecule has 6 nitrogen and oxygen atoms in total. The number of hydrogen-bond donors (Lipinski definition) is 2. The van der Waals surface area contributed by atoms with Crippen LogP contribution in [0.25, 0.3) is 0 Å². The van der Waals surface area contributed by atoms with E-state index in [1.807, 2.05) is 0 Å². The fraction of sp³-hybridized carbons (Fsp3) is 0.333. The number of allylic oxidation sites excluding steroid dienone is 4. The second kappa shape index (κ2) is 5.90. The molecular weight excluding hydrogens is 236 g/mol. The molecule has 0 radical (unpaired) electrons. The number of carbonyl (C=O) groups is 2. The lowest BCUT2D eigenvalue weighted by atomic mass is 10.1. The molecule has 0 fully saturated rings. The molecule has 0 aromatic heterocycles. The second-order valence-electron chi connectivity index (χ2n) is 3.80. The first-order valence-electron chi connectivity index (χ1n) is 5.37. The Bertz CT molecular complexity index is 414. The Balaban J connectivity index is 2.76. The number of rotatable bonds is 4. The molecular formula is C12H14N2O4. The van der Waals surface area contributed by atoms with Gasteiger partial charge >= 0.3 is 11.9 Å². The van der Waals surface area contributed by atoms with Gasteiger partial charge in [0.1, 0.15) is 12.1 Å². The number of aliphatic carboxylic acids is 2. The summed E-state index contributed by atoms with van der Waals surface area (Å²) in [6.07, 6.45) is 6.42. The number of nitrogens with zero attached hydrogens (tertiary/aromatic N) is 2. The highest BCUT2D eigenvalue weighted by atomic mass is 16.4. The fourth-order valence-corrected chi connectivity index (χ4v) is 1.18. The Morgan fingerprint density at radius 1 is 0.889 bits per heavy atom. The van der Waals surface area contributed by atoms with Gasteiger partial charge in [-0.3, -0.25) is 9.98 Å². The summed E-state index contributed by atoms with van der Waals surface area (Å²) in [5.74, 6) is -1.99. The molecule has 96 valence electrons. The Morgan fingerprint density at radius 3 is 1.39 bits per heavy atom. The highest BCUT2D eigenvalue weighted by Crippen LogP contribution is 2.03. The Labute approximate surface area is 104 Å². The van der Waals surface area contributed by atoms with Crippen molar-refractivity contribution in [3.8, 4) is 0 Å². The molecule has 0 aromatic carbocycles. The maximum absolute atomic E-state index is 10.6. The van der Waals surface area contributed by atoms with Crippen molar-refractivity contribution in [1.29, 1.82) is 0 Å². The predicted molar refractivity (Wildman–Crippen MR) is 67.3 cm³/mol. The number of carboxylic acids is 2. The maximum Gasteiger partial charge on any atom is 0.328 e. The van der Waals surface area contributed by atoms with Gasteiger partial charge in [0.15, 0.2) is 0 Å². The zero-order valence-corrected chi connectivity index (χ0v) is 10.1. The van der Waals surface area contributed by atoms with Crippen molar-refractivity contribution in [1.82, 2.24) is 0 Å². The van der Waals surface area contributed by atoms with Gasteiger partial charge in [-0.25, -0.2) is 9.59 Å². The van der Waals surface area contributed by atoms with Crippen LogP contribution in [0.2, 0.25) is 0 Å². The molecule has 0 aromatic rings. The zero-order valence-electron chi connectivity index (χ0n) is 10.1. The van der Waals surface area contributed by atoms with Crippen LogP contribution in [0.15, 0.2) is 34.3 Å². The third kappa shape index (κ3) is 3.97. The summed E-state index contributed by atoms with van der Waals surface area (Å²) in [5, 5.41) is 17.4. The van der Waals surface area contributed by atoms with E-state index in [1.54, 1.807) is 24.3 Å². The van der Waals surface area contributed by atoms with Gasteiger partial charge in [-0.2, -0.15) is 0 Å². The SMILES string of the molecule is C[C@H](N=C1C=CC(=N[C@@H](C)C(=O)O)C=C1)C(=O)O. The molecule has 2 N–H and O–H groups in total. The van der Waals surface area contributed by atoms with Crippen LogP contribution in [0.4, 0.5) is 0 Å². The Hall–Kier alpha value is -2.24. The van der Waals surface area contributed by atoms with Crippen LogP contribution in [-0.2, 0) is 9.59 Å². The topological polar surface area (TPSA) is 99.3 Å². The first-order chi connectivity index (χ1) is 8.40. The van der Waals surface area contributed by atoms with E-state index in [-0.39, 0.29) is 0 Å². The quantitative estimate of drug-likeness (QED) is 0.725. The van der Waals surface area contributed by atoms with Crippen molar-refractivity contribution in [3.05, 3.63) is 24.3 Å². The normalized spacial score (nSPS) is 17.2.